The summed E-state index contributed by atoms with van der Waals surface area (Å²) in [5.41, 5.74) is -0.392. The molecule has 0 atom stereocenters. The van der Waals surface area contributed by atoms with E-state index in [-0.39, 0.29) is 16.5 Å². The van der Waals surface area contributed by atoms with Gasteiger partial charge in [0.1, 0.15) is 22.4 Å². The molecule has 0 spiro atoms. The van der Waals surface area contributed by atoms with Crippen molar-refractivity contribution in [2.45, 2.75) is 18.2 Å². The van der Waals surface area contributed by atoms with Gasteiger partial charge in [0, 0.05) is 6.07 Å². The maximum absolute atomic E-state index is 12.5. The maximum Gasteiger partial charge on any atom is 0.346 e. The number of carbonyl (C=O) groups excluding carboxylic acids is 1. The molecule has 3 rings (SSSR count). The Labute approximate surface area is 192 Å². The fourth-order valence-corrected chi connectivity index (χ4v) is 4.31. The summed E-state index contributed by atoms with van der Waals surface area (Å²) in [5, 5.41) is 31.6. The summed E-state index contributed by atoms with van der Waals surface area (Å²) in [5.74, 6) is -0.773. The highest BCUT2D eigenvalue weighted by Crippen LogP contribution is 2.27. The summed E-state index contributed by atoms with van der Waals surface area (Å²) >= 11 is 1.20. The predicted molar refractivity (Wildman–Crippen MR) is 119 cm³/mol. The highest BCUT2D eigenvalue weighted by molar-refractivity contribution is 7.87. The van der Waals surface area contributed by atoms with Gasteiger partial charge in [0.05, 0.1) is 4.92 Å². The number of anilines is 1. The lowest BCUT2D eigenvalue weighted by atomic mass is 10.1. The second-order valence-electron chi connectivity index (χ2n) is 6.31. The van der Waals surface area contributed by atoms with Gasteiger partial charge in [-0.15, -0.1) is 10.2 Å². The molecule has 0 bridgehead atoms. The van der Waals surface area contributed by atoms with Gasteiger partial charge in [-0.25, -0.2) is 0 Å². The summed E-state index contributed by atoms with van der Waals surface area (Å²) in [6.45, 7) is 1.90. The van der Waals surface area contributed by atoms with Gasteiger partial charge >= 0.3 is 10.1 Å². The van der Waals surface area contributed by atoms with Crippen molar-refractivity contribution in [3.05, 3.63) is 74.8 Å². The number of amides is 1. The second-order valence-corrected chi connectivity index (χ2v) is 8.89. The van der Waals surface area contributed by atoms with Crippen LogP contribution in [-0.2, 0) is 21.3 Å². The highest BCUT2D eigenvalue weighted by Gasteiger charge is 2.27. The van der Waals surface area contributed by atoms with Crippen LogP contribution in [-0.4, -0.2) is 29.4 Å². The maximum atomic E-state index is 12.5. The number of carbonyl (C=O) groups is 1. The van der Waals surface area contributed by atoms with Crippen molar-refractivity contribution in [2.75, 3.05) is 5.32 Å². The van der Waals surface area contributed by atoms with Crippen molar-refractivity contribution in [3.63, 3.8) is 0 Å². The number of nitriles is 1. The average molecular weight is 486 g/mol. The lowest BCUT2D eigenvalue weighted by molar-refractivity contribution is -0.387. The number of aromatic nitrogens is 2. The van der Waals surface area contributed by atoms with Crippen LogP contribution < -0.4 is 9.50 Å². The molecule has 2 aromatic carbocycles. The fourth-order valence-electron chi connectivity index (χ4n) is 2.54. The van der Waals surface area contributed by atoms with Gasteiger partial charge < -0.3 is 4.18 Å². The van der Waals surface area contributed by atoms with Crippen molar-refractivity contribution < 1.29 is 22.3 Å². The zero-order valence-corrected chi connectivity index (χ0v) is 18.6. The number of nitro groups is 1. The predicted octanol–water partition coefficient (Wildman–Crippen LogP) is 3.32. The Bertz CT molecular complexity index is 1370. The van der Waals surface area contributed by atoms with E-state index in [9.17, 15) is 28.6 Å². The first-order chi connectivity index (χ1) is 15.7. The molecule has 0 aliphatic rings. The van der Waals surface area contributed by atoms with E-state index >= 15 is 0 Å². The van der Waals surface area contributed by atoms with Crippen LogP contribution in [0.3, 0.4) is 0 Å². The Morgan fingerprint density at radius 3 is 2.55 bits per heavy atom. The number of rotatable bonds is 8. The quantitative estimate of drug-likeness (QED) is 0.165. The lowest BCUT2D eigenvalue weighted by Gasteiger charge is -2.07. The molecule has 0 aliphatic heterocycles. The molecule has 1 heterocycles. The van der Waals surface area contributed by atoms with Gasteiger partial charge in [0.15, 0.2) is 4.90 Å². The van der Waals surface area contributed by atoms with Crippen molar-refractivity contribution in [3.8, 4) is 11.8 Å². The van der Waals surface area contributed by atoms with Gasteiger partial charge in [-0.2, -0.15) is 13.7 Å². The van der Waals surface area contributed by atoms with E-state index in [1.165, 1.54) is 53.8 Å². The zero-order chi connectivity index (χ0) is 24.0. The Morgan fingerprint density at radius 1 is 1.24 bits per heavy atom. The van der Waals surface area contributed by atoms with E-state index in [2.05, 4.69) is 15.5 Å². The molecule has 1 amide bonds. The Balaban J connectivity index is 1.76. The van der Waals surface area contributed by atoms with Crippen molar-refractivity contribution in [1.82, 2.24) is 10.2 Å². The van der Waals surface area contributed by atoms with Crippen LogP contribution in [0.2, 0.25) is 0 Å². The van der Waals surface area contributed by atoms with E-state index in [0.29, 0.717) is 12.0 Å². The SMILES string of the molecule is CCc1nnc(NC(=O)C(C#N)=Cc2ccc(OS(=O)(=O)c3ccccc3[N+](=O)[O-])cc2)s1. The molecule has 0 saturated heterocycles. The second kappa shape index (κ2) is 9.98. The molecular weight excluding hydrogens is 470 g/mol. The molecular formula is C20H15N5O6S2. The molecule has 0 aliphatic carbocycles. The van der Waals surface area contributed by atoms with Crippen molar-refractivity contribution in [1.29, 1.82) is 5.26 Å². The van der Waals surface area contributed by atoms with Crippen molar-refractivity contribution in [2.24, 2.45) is 0 Å². The lowest BCUT2D eigenvalue weighted by Crippen LogP contribution is -2.13. The summed E-state index contributed by atoms with van der Waals surface area (Å²) in [4.78, 5) is 22.0. The van der Waals surface area contributed by atoms with Crippen LogP contribution in [0.4, 0.5) is 10.8 Å². The first-order valence-corrected chi connectivity index (χ1v) is 11.5. The van der Waals surface area contributed by atoms with Crippen LogP contribution in [0, 0.1) is 21.4 Å². The number of benzene rings is 2. The average Bonchev–Trinajstić information content (AvgIpc) is 3.25. The smallest absolute Gasteiger partial charge is 0.346 e. The third-order valence-electron chi connectivity index (χ3n) is 4.08. The molecule has 1 aromatic heterocycles. The van der Waals surface area contributed by atoms with Gasteiger partial charge in [-0.05, 0) is 36.3 Å². The number of nitrogens with zero attached hydrogens (tertiary/aromatic N) is 4. The van der Waals surface area contributed by atoms with Gasteiger partial charge in [0.2, 0.25) is 5.13 Å². The van der Waals surface area contributed by atoms with Crippen LogP contribution in [0.25, 0.3) is 6.08 Å². The summed E-state index contributed by atoms with van der Waals surface area (Å²) in [7, 11) is -4.46. The zero-order valence-electron chi connectivity index (χ0n) is 17.0. The number of nitro benzene ring substituents is 1. The third-order valence-corrected chi connectivity index (χ3v) is 6.36. The van der Waals surface area contributed by atoms with Gasteiger partial charge in [-0.3, -0.25) is 20.2 Å². The minimum atomic E-state index is -4.46. The van der Waals surface area contributed by atoms with E-state index in [1.54, 1.807) is 6.07 Å². The number of aryl methyl sites for hydroxylation is 1. The molecule has 11 nitrogen and oxygen atoms in total. The Kier molecular flexibility index (Phi) is 7.11. The number of hydrogen-bond donors (Lipinski definition) is 1. The first kappa shape index (κ1) is 23.5. The first-order valence-electron chi connectivity index (χ1n) is 9.27. The van der Waals surface area contributed by atoms with Crippen LogP contribution in [0.15, 0.2) is 59.0 Å². The molecule has 0 saturated carbocycles. The van der Waals surface area contributed by atoms with E-state index in [4.69, 9.17) is 4.18 Å². The van der Waals surface area contributed by atoms with Gasteiger partial charge in [-0.1, -0.05) is 42.5 Å². The molecule has 13 heteroatoms. The van der Waals surface area contributed by atoms with E-state index in [0.717, 1.165) is 17.1 Å². The summed E-state index contributed by atoms with van der Waals surface area (Å²) < 4.78 is 29.9. The molecule has 0 radical (unpaired) electrons. The summed E-state index contributed by atoms with van der Waals surface area (Å²) in [6.07, 6.45) is 1.97. The molecule has 3 aromatic rings. The molecule has 33 heavy (non-hydrogen) atoms. The van der Waals surface area contributed by atoms with Crippen LogP contribution in [0.5, 0.6) is 5.75 Å². The minimum Gasteiger partial charge on any atom is -0.379 e. The molecule has 1 N–H and O–H groups in total. The standard InChI is InChI=1S/C20H15N5O6S2/c1-2-18-23-24-20(32-18)22-19(26)14(12-21)11-13-7-9-15(10-8-13)31-33(29,30)17-6-4-3-5-16(17)25(27)28/h3-11H,2H2,1H3,(H,22,24,26). The number of nitrogens with one attached hydrogen (secondary N) is 1. The third kappa shape index (κ3) is 5.76. The number of para-hydroxylation sites is 1. The molecule has 0 unspecified atom stereocenters. The monoisotopic (exact) mass is 485 g/mol. The fraction of sp³-hybridized carbons (Fsp3) is 0.100. The summed E-state index contributed by atoms with van der Waals surface area (Å²) in [6, 6.07) is 12.1. The van der Waals surface area contributed by atoms with Crippen LogP contribution >= 0.6 is 11.3 Å². The largest absolute Gasteiger partial charge is 0.379 e. The van der Waals surface area contributed by atoms with Gasteiger partial charge in [0.25, 0.3) is 11.6 Å². The molecule has 0 fully saturated rings. The van der Waals surface area contributed by atoms with E-state index < -0.39 is 31.5 Å². The van der Waals surface area contributed by atoms with Crippen LogP contribution in [0.1, 0.15) is 17.5 Å². The highest BCUT2D eigenvalue weighted by atomic mass is 32.2. The van der Waals surface area contributed by atoms with Crippen molar-refractivity contribution >= 4 is 44.3 Å². The Morgan fingerprint density at radius 2 is 1.94 bits per heavy atom. The molecule has 168 valence electrons. The normalized spacial score (nSPS) is 11.5. The topological polar surface area (TPSA) is 165 Å². The van der Waals surface area contributed by atoms with E-state index in [1.807, 2.05) is 6.92 Å². The number of hydrogen-bond acceptors (Lipinski definition) is 10. The minimum absolute atomic E-state index is 0.103. The Hall–Kier alpha value is -4.15.